The van der Waals surface area contributed by atoms with Crippen LogP contribution in [0.2, 0.25) is 0 Å². The standard InChI is InChI=1S/C19H28N2O3/c1-13-8-9-14(18(23)21(13)2)12-20-17(22)15-10-19(24,11-15)16-6-4-3-5-7-16/h8-9,15-16,24H,3-7,10-12H2,1-2H3,(H,20,22). The number of nitrogens with one attached hydrogen (secondary N) is 1. The summed E-state index contributed by atoms with van der Waals surface area (Å²) in [5, 5.41) is 13.6. The summed E-state index contributed by atoms with van der Waals surface area (Å²) in [4.78, 5) is 24.4. The van der Waals surface area contributed by atoms with Crippen LogP contribution in [0.4, 0.5) is 0 Å². The lowest BCUT2D eigenvalue weighted by atomic mass is 9.61. The molecule has 0 atom stereocenters. The van der Waals surface area contributed by atoms with Gasteiger partial charge in [0.05, 0.1) is 5.60 Å². The number of aryl methyl sites for hydroxylation is 1. The summed E-state index contributed by atoms with van der Waals surface area (Å²) in [6.07, 6.45) is 6.96. The van der Waals surface area contributed by atoms with Gasteiger partial charge in [-0.15, -0.1) is 0 Å². The minimum absolute atomic E-state index is 0.0434. The molecule has 0 bridgehead atoms. The minimum Gasteiger partial charge on any atom is -0.390 e. The maximum Gasteiger partial charge on any atom is 0.255 e. The van der Waals surface area contributed by atoms with E-state index in [0.717, 1.165) is 18.5 Å². The molecular formula is C19H28N2O3. The van der Waals surface area contributed by atoms with Crippen LogP contribution in [0.5, 0.6) is 0 Å². The van der Waals surface area contributed by atoms with Crippen LogP contribution >= 0.6 is 0 Å². The number of carbonyl (C=O) groups is 1. The Bertz CT molecular complexity index is 668. The third-order valence-electron chi connectivity index (χ3n) is 6.02. The highest BCUT2D eigenvalue weighted by atomic mass is 16.3. The maximum absolute atomic E-state index is 12.3. The van der Waals surface area contributed by atoms with E-state index in [1.165, 1.54) is 19.3 Å². The van der Waals surface area contributed by atoms with Gasteiger partial charge in [0.2, 0.25) is 5.91 Å². The van der Waals surface area contributed by atoms with Crippen LogP contribution in [0.15, 0.2) is 16.9 Å². The van der Waals surface area contributed by atoms with Crippen molar-refractivity contribution in [3.63, 3.8) is 0 Å². The fraction of sp³-hybridized carbons (Fsp3) is 0.684. The number of hydrogen-bond acceptors (Lipinski definition) is 3. The first-order valence-electron chi connectivity index (χ1n) is 9.06. The Kier molecular flexibility index (Phi) is 4.81. The fourth-order valence-corrected chi connectivity index (χ4v) is 4.19. The number of aromatic nitrogens is 1. The van der Waals surface area contributed by atoms with E-state index in [1.54, 1.807) is 17.7 Å². The van der Waals surface area contributed by atoms with Crippen molar-refractivity contribution in [2.75, 3.05) is 0 Å². The van der Waals surface area contributed by atoms with Crippen molar-refractivity contribution < 1.29 is 9.90 Å². The minimum atomic E-state index is -0.636. The number of carbonyl (C=O) groups excluding carboxylic acids is 1. The lowest BCUT2D eigenvalue weighted by Crippen LogP contribution is -2.54. The van der Waals surface area contributed by atoms with Crippen molar-refractivity contribution in [3.8, 4) is 0 Å². The average molecular weight is 332 g/mol. The van der Waals surface area contributed by atoms with E-state index in [4.69, 9.17) is 0 Å². The summed E-state index contributed by atoms with van der Waals surface area (Å²) in [6.45, 7) is 2.13. The van der Waals surface area contributed by atoms with Crippen molar-refractivity contribution in [1.82, 2.24) is 9.88 Å². The first kappa shape index (κ1) is 17.2. The Morgan fingerprint density at radius 1 is 1.29 bits per heavy atom. The fourth-order valence-electron chi connectivity index (χ4n) is 4.19. The van der Waals surface area contributed by atoms with Gasteiger partial charge >= 0.3 is 0 Å². The lowest BCUT2D eigenvalue weighted by molar-refractivity contribution is -0.154. The van der Waals surface area contributed by atoms with Gasteiger partial charge in [-0.2, -0.15) is 0 Å². The smallest absolute Gasteiger partial charge is 0.255 e. The molecule has 0 spiro atoms. The van der Waals surface area contributed by atoms with Gasteiger partial charge in [-0.1, -0.05) is 25.3 Å². The molecule has 24 heavy (non-hydrogen) atoms. The van der Waals surface area contributed by atoms with Gasteiger partial charge in [0.15, 0.2) is 0 Å². The summed E-state index contributed by atoms with van der Waals surface area (Å²) in [6, 6.07) is 3.66. The molecular weight excluding hydrogens is 304 g/mol. The SMILES string of the molecule is Cc1ccc(CNC(=O)C2CC(O)(C3CCCCC3)C2)c(=O)n1C. The zero-order chi connectivity index (χ0) is 17.3. The maximum atomic E-state index is 12.3. The topological polar surface area (TPSA) is 71.3 Å². The van der Waals surface area contributed by atoms with Crippen LogP contribution in [0, 0.1) is 18.8 Å². The summed E-state index contributed by atoms with van der Waals surface area (Å²) in [5.74, 6) is 0.198. The summed E-state index contributed by atoms with van der Waals surface area (Å²) in [7, 11) is 1.74. The Morgan fingerprint density at radius 2 is 1.96 bits per heavy atom. The molecule has 3 rings (SSSR count). The molecule has 0 aliphatic heterocycles. The number of rotatable bonds is 4. The van der Waals surface area contributed by atoms with E-state index in [-0.39, 0.29) is 23.9 Å². The first-order valence-corrected chi connectivity index (χ1v) is 9.06. The van der Waals surface area contributed by atoms with E-state index in [1.807, 2.05) is 13.0 Å². The van der Waals surface area contributed by atoms with Crippen LogP contribution in [-0.2, 0) is 18.4 Å². The molecule has 1 amide bonds. The van der Waals surface area contributed by atoms with Gasteiger partial charge in [0.1, 0.15) is 0 Å². The Labute approximate surface area is 143 Å². The van der Waals surface area contributed by atoms with Crippen LogP contribution in [-0.4, -0.2) is 21.2 Å². The van der Waals surface area contributed by atoms with Gasteiger partial charge < -0.3 is 15.0 Å². The van der Waals surface area contributed by atoms with Crippen LogP contribution in [0.25, 0.3) is 0 Å². The summed E-state index contributed by atoms with van der Waals surface area (Å²) < 4.78 is 1.59. The molecule has 0 aromatic carbocycles. The summed E-state index contributed by atoms with van der Waals surface area (Å²) in [5.41, 5.74) is 0.787. The predicted octanol–water partition coefficient (Wildman–Crippen LogP) is 2.03. The molecule has 0 radical (unpaired) electrons. The van der Waals surface area contributed by atoms with Gasteiger partial charge in [-0.05, 0) is 44.6 Å². The van der Waals surface area contributed by atoms with Crippen LogP contribution in [0.3, 0.4) is 0 Å². The Balaban J connectivity index is 1.52. The van der Waals surface area contributed by atoms with E-state index in [9.17, 15) is 14.7 Å². The normalized spacial score (nSPS) is 27.5. The molecule has 2 aliphatic carbocycles. The zero-order valence-corrected chi connectivity index (χ0v) is 14.7. The van der Waals surface area contributed by atoms with Gasteiger partial charge in [0.25, 0.3) is 5.56 Å². The molecule has 2 fully saturated rings. The van der Waals surface area contributed by atoms with Crippen molar-refractivity contribution >= 4 is 5.91 Å². The Morgan fingerprint density at radius 3 is 2.62 bits per heavy atom. The van der Waals surface area contributed by atoms with Gasteiger partial charge in [-0.3, -0.25) is 9.59 Å². The third-order valence-corrected chi connectivity index (χ3v) is 6.02. The van der Waals surface area contributed by atoms with Crippen molar-refractivity contribution in [2.24, 2.45) is 18.9 Å². The van der Waals surface area contributed by atoms with E-state index >= 15 is 0 Å². The van der Waals surface area contributed by atoms with E-state index < -0.39 is 5.60 Å². The first-order chi connectivity index (χ1) is 11.4. The molecule has 5 heteroatoms. The second-order valence-corrected chi connectivity index (χ2v) is 7.63. The number of hydrogen-bond donors (Lipinski definition) is 2. The second-order valence-electron chi connectivity index (χ2n) is 7.63. The average Bonchev–Trinajstić information content (AvgIpc) is 2.57. The van der Waals surface area contributed by atoms with Gasteiger partial charge in [0, 0.05) is 30.8 Å². The molecule has 1 aromatic heterocycles. The zero-order valence-electron chi connectivity index (χ0n) is 14.7. The molecule has 0 unspecified atom stereocenters. The van der Waals surface area contributed by atoms with Crippen molar-refractivity contribution in [1.29, 1.82) is 0 Å². The molecule has 2 N–H and O–H groups in total. The molecule has 5 nitrogen and oxygen atoms in total. The highest BCUT2D eigenvalue weighted by Crippen LogP contribution is 2.48. The highest BCUT2D eigenvalue weighted by molar-refractivity contribution is 5.80. The van der Waals surface area contributed by atoms with Crippen LogP contribution in [0.1, 0.15) is 56.2 Å². The lowest BCUT2D eigenvalue weighted by Gasteiger charge is -2.49. The quantitative estimate of drug-likeness (QED) is 0.886. The third kappa shape index (κ3) is 3.27. The molecule has 1 aromatic rings. The molecule has 2 aliphatic rings. The molecule has 2 saturated carbocycles. The highest BCUT2D eigenvalue weighted by Gasteiger charge is 2.50. The Hall–Kier alpha value is -1.62. The summed E-state index contributed by atoms with van der Waals surface area (Å²) >= 11 is 0. The predicted molar refractivity (Wildman–Crippen MR) is 92.5 cm³/mol. The number of nitrogens with zero attached hydrogens (tertiary/aromatic N) is 1. The van der Waals surface area contributed by atoms with Crippen molar-refractivity contribution in [2.45, 2.75) is 64.0 Å². The molecule has 1 heterocycles. The number of amides is 1. The monoisotopic (exact) mass is 332 g/mol. The molecule has 0 saturated heterocycles. The van der Waals surface area contributed by atoms with Crippen molar-refractivity contribution in [3.05, 3.63) is 33.7 Å². The number of pyridine rings is 1. The number of aliphatic hydroxyl groups is 1. The van der Waals surface area contributed by atoms with Crippen LogP contribution < -0.4 is 10.9 Å². The van der Waals surface area contributed by atoms with Gasteiger partial charge in [-0.25, -0.2) is 0 Å². The largest absolute Gasteiger partial charge is 0.390 e. The van der Waals surface area contributed by atoms with E-state index in [0.29, 0.717) is 24.3 Å². The van der Waals surface area contributed by atoms with E-state index in [2.05, 4.69) is 5.32 Å². The second kappa shape index (κ2) is 6.71. The molecule has 132 valence electrons.